The minimum Gasteiger partial charge on any atom is -0.491 e. The fourth-order valence-electron chi connectivity index (χ4n) is 1.30. The number of carbonyl (C=O) groups is 1. The zero-order valence-electron chi connectivity index (χ0n) is 9.40. The van der Waals surface area contributed by atoms with Crippen molar-refractivity contribution in [2.75, 3.05) is 19.7 Å². The Balaban J connectivity index is 2.44. The van der Waals surface area contributed by atoms with Gasteiger partial charge in [0.2, 0.25) is 0 Å². The maximum absolute atomic E-state index is 10.9. The summed E-state index contributed by atoms with van der Waals surface area (Å²) >= 11 is 0. The van der Waals surface area contributed by atoms with Crippen LogP contribution in [0.3, 0.4) is 0 Å². The van der Waals surface area contributed by atoms with Gasteiger partial charge in [0, 0.05) is 6.54 Å². The van der Waals surface area contributed by atoms with Gasteiger partial charge in [0.25, 0.3) is 0 Å². The molecule has 0 aliphatic carbocycles. The number of carboxylic acids is 1. The SMILES string of the molecule is CCCNCCOc1ccccc1C(=O)O. The molecule has 4 heteroatoms. The molecule has 1 aromatic rings. The third-order valence-electron chi connectivity index (χ3n) is 2.08. The van der Waals surface area contributed by atoms with Gasteiger partial charge < -0.3 is 15.2 Å². The van der Waals surface area contributed by atoms with Crippen LogP contribution in [-0.4, -0.2) is 30.8 Å². The summed E-state index contributed by atoms with van der Waals surface area (Å²) in [4.78, 5) is 10.9. The molecule has 0 spiro atoms. The highest BCUT2D eigenvalue weighted by molar-refractivity contribution is 5.90. The highest BCUT2D eigenvalue weighted by atomic mass is 16.5. The molecule has 0 heterocycles. The zero-order valence-corrected chi connectivity index (χ0v) is 9.40. The maximum Gasteiger partial charge on any atom is 0.339 e. The first-order valence-corrected chi connectivity index (χ1v) is 5.41. The van der Waals surface area contributed by atoms with Crippen LogP contribution in [0, 0.1) is 0 Å². The Morgan fingerprint density at radius 1 is 1.38 bits per heavy atom. The number of nitrogens with one attached hydrogen (secondary N) is 1. The van der Waals surface area contributed by atoms with E-state index in [1.807, 2.05) is 0 Å². The van der Waals surface area contributed by atoms with Crippen molar-refractivity contribution >= 4 is 5.97 Å². The van der Waals surface area contributed by atoms with E-state index in [1.54, 1.807) is 18.2 Å². The smallest absolute Gasteiger partial charge is 0.339 e. The topological polar surface area (TPSA) is 58.6 Å². The molecular formula is C12H17NO3. The van der Waals surface area contributed by atoms with Crippen LogP contribution in [-0.2, 0) is 0 Å². The van der Waals surface area contributed by atoms with Gasteiger partial charge in [-0.05, 0) is 25.1 Å². The molecule has 2 N–H and O–H groups in total. The summed E-state index contributed by atoms with van der Waals surface area (Å²) in [5.41, 5.74) is 0.206. The van der Waals surface area contributed by atoms with E-state index in [4.69, 9.17) is 9.84 Å². The standard InChI is InChI=1S/C12H17NO3/c1-2-7-13-8-9-16-11-6-4-3-5-10(11)12(14)15/h3-6,13H,2,7-9H2,1H3,(H,14,15). The van der Waals surface area contributed by atoms with E-state index in [0.717, 1.165) is 19.5 Å². The van der Waals surface area contributed by atoms with E-state index in [1.165, 1.54) is 6.07 Å². The molecule has 0 bridgehead atoms. The van der Waals surface area contributed by atoms with E-state index in [9.17, 15) is 4.79 Å². The normalized spacial score (nSPS) is 10.1. The summed E-state index contributed by atoms with van der Waals surface area (Å²) in [6.07, 6.45) is 1.08. The van der Waals surface area contributed by atoms with Crippen molar-refractivity contribution in [3.63, 3.8) is 0 Å². The Morgan fingerprint density at radius 2 is 2.12 bits per heavy atom. The number of carboxylic acid groups (broad SMARTS) is 1. The van der Waals surface area contributed by atoms with E-state index in [2.05, 4.69) is 12.2 Å². The lowest BCUT2D eigenvalue weighted by molar-refractivity contribution is 0.0692. The summed E-state index contributed by atoms with van der Waals surface area (Å²) < 4.78 is 5.40. The van der Waals surface area contributed by atoms with Gasteiger partial charge in [0.05, 0.1) is 0 Å². The summed E-state index contributed by atoms with van der Waals surface area (Å²) in [5.74, 6) is -0.537. The molecule has 4 nitrogen and oxygen atoms in total. The monoisotopic (exact) mass is 223 g/mol. The lowest BCUT2D eigenvalue weighted by Gasteiger charge is -2.09. The fourth-order valence-corrected chi connectivity index (χ4v) is 1.30. The largest absolute Gasteiger partial charge is 0.491 e. The second kappa shape index (κ2) is 6.85. The predicted molar refractivity (Wildman–Crippen MR) is 62.1 cm³/mol. The molecule has 88 valence electrons. The van der Waals surface area contributed by atoms with Crippen LogP contribution in [0.2, 0.25) is 0 Å². The molecule has 0 amide bonds. The van der Waals surface area contributed by atoms with Crippen LogP contribution < -0.4 is 10.1 Å². The Bertz CT molecular complexity index is 339. The first-order chi connectivity index (χ1) is 7.75. The third kappa shape index (κ3) is 3.90. The van der Waals surface area contributed by atoms with Gasteiger partial charge in [0.15, 0.2) is 0 Å². The number of benzene rings is 1. The second-order valence-electron chi connectivity index (χ2n) is 3.40. The molecule has 0 aliphatic heterocycles. The Morgan fingerprint density at radius 3 is 2.81 bits per heavy atom. The van der Waals surface area contributed by atoms with Crippen LogP contribution in [0.15, 0.2) is 24.3 Å². The number of rotatable bonds is 7. The minimum absolute atomic E-state index is 0.206. The van der Waals surface area contributed by atoms with Gasteiger partial charge in [-0.25, -0.2) is 4.79 Å². The van der Waals surface area contributed by atoms with Crippen LogP contribution in [0.4, 0.5) is 0 Å². The van der Waals surface area contributed by atoms with E-state index < -0.39 is 5.97 Å². The third-order valence-corrected chi connectivity index (χ3v) is 2.08. The van der Waals surface area contributed by atoms with Gasteiger partial charge in [-0.2, -0.15) is 0 Å². The molecule has 0 radical (unpaired) electrons. The molecule has 1 aromatic carbocycles. The lowest BCUT2D eigenvalue weighted by Crippen LogP contribution is -2.22. The molecule has 0 saturated carbocycles. The zero-order chi connectivity index (χ0) is 11.8. The number of aromatic carboxylic acids is 1. The van der Waals surface area contributed by atoms with Gasteiger partial charge >= 0.3 is 5.97 Å². The van der Waals surface area contributed by atoms with Crippen molar-refractivity contribution in [2.45, 2.75) is 13.3 Å². The first-order valence-electron chi connectivity index (χ1n) is 5.41. The summed E-state index contributed by atoms with van der Waals surface area (Å²) in [6.45, 7) is 4.24. The maximum atomic E-state index is 10.9. The van der Waals surface area contributed by atoms with E-state index >= 15 is 0 Å². The fraction of sp³-hybridized carbons (Fsp3) is 0.417. The van der Waals surface area contributed by atoms with Crippen LogP contribution >= 0.6 is 0 Å². The second-order valence-corrected chi connectivity index (χ2v) is 3.40. The van der Waals surface area contributed by atoms with Crippen molar-refractivity contribution in [1.29, 1.82) is 0 Å². The van der Waals surface area contributed by atoms with Gasteiger partial charge in [-0.15, -0.1) is 0 Å². The molecule has 0 atom stereocenters. The van der Waals surface area contributed by atoms with Gasteiger partial charge in [0.1, 0.15) is 17.9 Å². The Hall–Kier alpha value is -1.55. The minimum atomic E-state index is -0.961. The molecular weight excluding hydrogens is 206 g/mol. The van der Waals surface area contributed by atoms with Crippen LogP contribution in [0.25, 0.3) is 0 Å². The average molecular weight is 223 g/mol. The van der Waals surface area contributed by atoms with Crippen molar-refractivity contribution in [3.8, 4) is 5.75 Å². The average Bonchev–Trinajstić information content (AvgIpc) is 2.29. The molecule has 16 heavy (non-hydrogen) atoms. The van der Waals surface area contributed by atoms with Crippen molar-refractivity contribution in [3.05, 3.63) is 29.8 Å². The van der Waals surface area contributed by atoms with Crippen molar-refractivity contribution in [2.24, 2.45) is 0 Å². The first kappa shape index (κ1) is 12.5. The molecule has 0 unspecified atom stereocenters. The lowest BCUT2D eigenvalue weighted by atomic mass is 10.2. The Labute approximate surface area is 95.2 Å². The van der Waals surface area contributed by atoms with Gasteiger partial charge in [-0.1, -0.05) is 19.1 Å². The number of ether oxygens (including phenoxy) is 1. The molecule has 0 aromatic heterocycles. The summed E-state index contributed by atoms with van der Waals surface area (Å²) in [5, 5.41) is 12.1. The molecule has 1 rings (SSSR count). The number of hydrogen-bond acceptors (Lipinski definition) is 3. The van der Waals surface area contributed by atoms with Crippen LogP contribution in [0.1, 0.15) is 23.7 Å². The number of hydrogen-bond donors (Lipinski definition) is 2. The molecule has 0 aliphatic rings. The van der Waals surface area contributed by atoms with E-state index in [0.29, 0.717) is 12.4 Å². The van der Waals surface area contributed by atoms with Crippen molar-refractivity contribution in [1.82, 2.24) is 5.32 Å². The molecule has 0 saturated heterocycles. The summed E-state index contributed by atoms with van der Waals surface area (Å²) in [6, 6.07) is 6.66. The highest BCUT2D eigenvalue weighted by Crippen LogP contribution is 2.17. The number of para-hydroxylation sites is 1. The van der Waals surface area contributed by atoms with Crippen LogP contribution in [0.5, 0.6) is 5.75 Å². The molecule has 0 fully saturated rings. The Kier molecular flexibility index (Phi) is 5.36. The van der Waals surface area contributed by atoms with E-state index in [-0.39, 0.29) is 5.56 Å². The predicted octanol–water partition coefficient (Wildman–Crippen LogP) is 1.76. The van der Waals surface area contributed by atoms with Gasteiger partial charge in [-0.3, -0.25) is 0 Å². The summed E-state index contributed by atoms with van der Waals surface area (Å²) in [7, 11) is 0. The highest BCUT2D eigenvalue weighted by Gasteiger charge is 2.09. The van der Waals surface area contributed by atoms with Crippen molar-refractivity contribution < 1.29 is 14.6 Å². The quantitative estimate of drug-likeness (QED) is 0.691.